The number of aromatic nitrogens is 2. The lowest BCUT2D eigenvalue weighted by Gasteiger charge is -2.24. The minimum atomic E-state index is -4.37. The number of amides is 1. The Labute approximate surface area is 182 Å². The first-order valence-corrected chi connectivity index (χ1v) is 11.3. The lowest BCUT2D eigenvalue weighted by atomic mass is 9.89. The van der Waals surface area contributed by atoms with E-state index in [4.69, 9.17) is 5.73 Å². The predicted octanol–water partition coefficient (Wildman–Crippen LogP) is 6.29. The summed E-state index contributed by atoms with van der Waals surface area (Å²) < 4.78 is 40.6. The molecule has 0 radical (unpaired) electrons. The van der Waals surface area contributed by atoms with E-state index in [2.05, 4.69) is 9.55 Å². The second-order valence-corrected chi connectivity index (χ2v) is 8.98. The number of nitrogens with zero attached hydrogens (tertiary/aromatic N) is 2. The van der Waals surface area contributed by atoms with Crippen LogP contribution in [0.4, 0.5) is 13.2 Å². The number of carbonyl (C=O) groups excluding carboxylic acids is 1. The summed E-state index contributed by atoms with van der Waals surface area (Å²) >= 11 is 1.37. The Kier molecular flexibility index (Phi) is 5.92. The van der Waals surface area contributed by atoms with E-state index < -0.39 is 17.6 Å². The van der Waals surface area contributed by atoms with Crippen LogP contribution in [0.15, 0.2) is 35.7 Å². The van der Waals surface area contributed by atoms with E-state index in [0.717, 1.165) is 42.9 Å². The summed E-state index contributed by atoms with van der Waals surface area (Å²) in [5.41, 5.74) is 8.37. The molecule has 1 fully saturated rings. The SMILES string of the molecule is Cc1c(C(N)=O)cc(-c2csc(-c3ccc(C(F)(F)F)cc3)n2)n1CC1CCCCC1. The maximum absolute atomic E-state index is 12.8. The minimum absolute atomic E-state index is 0.473. The van der Waals surface area contributed by atoms with E-state index in [1.165, 1.54) is 42.7 Å². The van der Waals surface area contributed by atoms with Gasteiger partial charge >= 0.3 is 6.18 Å². The van der Waals surface area contributed by atoms with Crippen molar-refractivity contribution in [3.63, 3.8) is 0 Å². The molecule has 1 saturated carbocycles. The van der Waals surface area contributed by atoms with Gasteiger partial charge in [-0.25, -0.2) is 4.98 Å². The summed E-state index contributed by atoms with van der Waals surface area (Å²) in [5.74, 6) is 0.0756. The third-order valence-corrected chi connectivity index (χ3v) is 6.91. The second kappa shape index (κ2) is 8.49. The van der Waals surface area contributed by atoms with Crippen LogP contribution >= 0.6 is 11.3 Å². The maximum Gasteiger partial charge on any atom is 0.416 e. The van der Waals surface area contributed by atoms with Gasteiger partial charge < -0.3 is 10.3 Å². The van der Waals surface area contributed by atoms with Gasteiger partial charge in [-0.1, -0.05) is 31.4 Å². The number of primary amides is 1. The number of rotatable bonds is 5. The molecule has 0 spiro atoms. The first kappa shape index (κ1) is 21.6. The lowest BCUT2D eigenvalue weighted by molar-refractivity contribution is -0.137. The van der Waals surface area contributed by atoms with Crippen LogP contribution in [0, 0.1) is 12.8 Å². The van der Waals surface area contributed by atoms with Gasteiger partial charge in [-0.2, -0.15) is 13.2 Å². The maximum atomic E-state index is 12.8. The summed E-state index contributed by atoms with van der Waals surface area (Å²) in [5, 5.41) is 2.51. The van der Waals surface area contributed by atoms with E-state index in [0.29, 0.717) is 27.7 Å². The number of nitrogens with two attached hydrogens (primary N) is 1. The molecule has 31 heavy (non-hydrogen) atoms. The van der Waals surface area contributed by atoms with Crippen molar-refractivity contribution in [2.24, 2.45) is 11.7 Å². The summed E-state index contributed by atoms with van der Waals surface area (Å²) in [4.78, 5) is 16.6. The first-order chi connectivity index (χ1) is 14.7. The minimum Gasteiger partial charge on any atom is -0.366 e. The summed E-state index contributed by atoms with van der Waals surface area (Å²) in [6.45, 7) is 2.71. The van der Waals surface area contributed by atoms with E-state index in [1.54, 1.807) is 6.07 Å². The van der Waals surface area contributed by atoms with Crippen molar-refractivity contribution in [2.45, 2.75) is 51.7 Å². The van der Waals surface area contributed by atoms with Gasteiger partial charge in [0.15, 0.2) is 0 Å². The van der Waals surface area contributed by atoms with Gasteiger partial charge in [0, 0.05) is 23.2 Å². The fourth-order valence-electron chi connectivity index (χ4n) is 4.30. The first-order valence-electron chi connectivity index (χ1n) is 10.4. The number of benzene rings is 1. The molecule has 2 N–H and O–H groups in total. The van der Waals surface area contributed by atoms with E-state index in [1.807, 2.05) is 12.3 Å². The normalized spacial score (nSPS) is 15.4. The van der Waals surface area contributed by atoms with Gasteiger partial charge in [-0.15, -0.1) is 11.3 Å². The molecule has 0 aliphatic heterocycles. The summed E-state index contributed by atoms with van der Waals surface area (Å²) in [6.07, 6.45) is 1.67. The molecule has 0 unspecified atom stereocenters. The van der Waals surface area contributed by atoms with Gasteiger partial charge in [-0.05, 0) is 43.9 Å². The molecule has 2 aromatic heterocycles. The van der Waals surface area contributed by atoms with Crippen LogP contribution in [0.2, 0.25) is 0 Å². The zero-order chi connectivity index (χ0) is 22.2. The molecule has 1 aromatic carbocycles. The Morgan fingerprint density at radius 1 is 1.19 bits per heavy atom. The number of halogens is 3. The van der Waals surface area contributed by atoms with Crippen molar-refractivity contribution in [1.29, 1.82) is 0 Å². The van der Waals surface area contributed by atoms with Gasteiger partial charge in [0.2, 0.25) is 0 Å². The Morgan fingerprint density at radius 2 is 1.87 bits per heavy atom. The quantitative estimate of drug-likeness (QED) is 0.500. The standard InChI is InChI=1S/C23H24F3N3OS/c1-14-18(21(27)30)11-20(29(14)12-15-5-3-2-4-6-15)19-13-31-22(28-19)16-7-9-17(10-8-16)23(24,25)26/h7-11,13,15H,2-6,12H2,1H3,(H2,27,30). The van der Waals surface area contributed by atoms with Crippen LogP contribution in [0.25, 0.3) is 22.0 Å². The van der Waals surface area contributed by atoms with Gasteiger partial charge in [0.25, 0.3) is 5.91 Å². The van der Waals surface area contributed by atoms with Crippen molar-refractivity contribution in [3.05, 3.63) is 52.5 Å². The molecule has 3 aromatic rings. The Morgan fingerprint density at radius 3 is 2.48 bits per heavy atom. The Bertz CT molecular complexity index is 1080. The highest BCUT2D eigenvalue weighted by atomic mass is 32.1. The average Bonchev–Trinajstić information content (AvgIpc) is 3.34. The topological polar surface area (TPSA) is 60.9 Å². The molecular weight excluding hydrogens is 423 g/mol. The summed E-state index contributed by atoms with van der Waals surface area (Å²) in [7, 11) is 0. The molecule has 164 valence electrons. The van der Waals surface area contributed by atoms with Crippen molar-refractivity contribution >= 4 is 17.2 Å². The van der Waals surface area contributed by atoms with E-state index >= 15 is 0 Å². The second-order valence-electron chi connectivity index (χ2n) is 8.12. The number of hydrogen-bond donors (Lipinski definition) is 1. The van der Waals surface area contributed by atoms with Crippen LogP contribution in [-0.2, 0) is 12.7 Å². The smallest absolute Gasteiger partial charge is 0.366 e. The summed E-state index contributed by atoms with van der Waals surface area (Å²) in [6, 6.07) is 6.79. The fraction of sp³-hybridized carbons (Fsp3) is 0.391. The molecule has 4 nitrogen and oxygen atoms in total. The van der Waals surface area contributed by atoms with Crippen molar-refractivity contribution in [1.82, 2.24) is 9.55 Å². The third kappa shape index (κ3) is 4.54. The molecular formula is C23H24F3N3OS. The van der Waals surface area contributed by atoms with E-state index in [-0.39, 0.29) is 0 Å². The van der Waals surface area contributed by atoms with E-state index in [9.17, 15) is 18.0 Å². The number of thiazole rings is 1. The number of hydrogen-bond acceptors (Lipinski definition) is 3. The van der Waals surface area contributed by atoms with Crippen LogP contribution in [0.1, 0.15) is 53.7 Å². The highest BCUT2D eigenvalue weighted by Gasteiger charge is 2.30. The molecule has 4 rings (SSSR count). The molecule has 8 heteroatoms. The monoisotopic (exact) mass is 447 g/mol. The van der Waals surface area contributed by atoms with Gasteiger partial charge in [0.05, 0.1) is 22.5 Å². The number of carbonyl (C=O) groups is 1. The van der Waals surface area contributed by atoms with Crippen LogP contribution < -0.4 is 5.73 Å². The largest absolute Gasteiger partial charge is 0.416 e. The van der Waals surface area contributed by atoms with Crippen molar-refractivity contribution < 1.29 is 18.0 Å². The molecule has 0 saturated heterocycles. The molecule has 1 amide bonds. The fourth-order valence-corrected chi connectivity index (χ4v) is 5.12. The Hall–Kier alpha value is -2.61. The zero-order valence-corrected chi connectivity index (χ0v) is 18.0. The molecule has 1 aliphatic rings. The van der Waals surface area contributed by atoms with Gasteiger partial charge in [-0.3, -0.25) is 4.79 Å². The lowest BCUT2D eigenvalue weighted by Crippen LogP contribution is -2.17. The highest BCUT2D eigenvalue weighted by Crippen LogP contribution is 2.35. The predicted molar refractivity (Wildman–Crippen MR) is 116 cm³/mol. The average molecular weight is 448 g/mol. The highest BCUT2D eigenvalue weighted by molar-refractivity contribution is 7.13. The third-order valence-electron chi connectivity index (χ3n) is 6.02. The molecule has 0 bridgehead atoms. The van der Waals surface area contributed by atoms with Gasteiger partial charge in [0.1, 0.15) is 5.01 Å². The molecule has 1 aliphatic carbocycles. The molecule has 2 heterocycles. The van der Waals surface area contributed by atoms with Crippen molar-refractivity contribution in [3.8, 4) is 22.0 Å². The van der Waals surface area contributed by atoms with Crippen LogP contribution in [0.5, 0.6) is 0 Å². The van der Waals surface area contributed by atoms with Crippen LogP contribution in [0.3, 0.4) is 0 Å². The van der Waals surface area contributed by atoms with Crippen molar-refractivity contribution in [2.75, 3.05) is 0 Å². The zero-order valence-electron chi connectivity index (χ0n) is 17.2. The molecule has 0 atom stereocenters. The number of alkyl halides is 3. The Balaban J connectivity index is 1.67. The van der Waals surface area contributed by atoms with Crippen LogP contribution in [-0.4, -0.2) is 15.5 Å².